The number of rotatable bonds is 6. The molecule has 0 spiro atoms. The van der Waals surface area contributed by atoms with Gasteiger partial charge < -0.3 is 4.98 Å². The van der Waals surface area contributed by atoms with Gasteiger partial charge in [0.15, 0.2) is 5.65 Å². The Morgan fingerprint density at radius 2 is 2.22 bits per heavy atom. The van der Waals surface area contributed by atoms with Crippen LogP contribution < -0.4 is 5.56 Å². The minimum atomic E-state index is -0.140. The van der Waals surface area contributed by atoms with E-state index in [1.807, 2.05) is 18.2 Å². The van der Waals surface area contributed by atoms with Crippen LogP contribution in [0.15, 0.2) is 35.4 Å². The van der Waals surface area contributed by atoms with E-state index < -0.39 is 0 Å². The average molecular weight is 312 g/mol. The summed E-state index contributed by atoms with van der Waals surface area (Å²) in [6.07, 6.45) is 4.22. The van der Waals surface area contributed by atoms with E-state index >= 15 is 0 Å². The highest BCUT2D eigenvalue weighted by Gasteiger charge is 2.11. The van der Waals surface area contributed by atoms with Gasteiger partial charge in [-0.3, -0.25) is 19.4 Å². The van der Waals surface area contributed by atoms with E-state index in [-0.39, 0.29) is 5.56 Å². The van der Waals surface area contributed by atoms with Crippen molar-refractivity contribution in [3.63, 3.8) is 0 Å². The minimum absolute atomic E-state index is 0.140. The van der Waals surface area contributed by atoms with Crippen molar-refractivity contribution >= 4 is 11.0 Å². The summed E-state index contributed by atoms with van der Waals surface area (Å²) in [7, 11) is 1.79. The minimum Gasteiger partial charge on any atom is -0.309 e. The molecule has 0 amide bonds. The zero-order valence-corrected chi connectivity index (χ0v) is 13.4. The van der Waals surface area contributed by atoms with Crippen molar-refractivity contribution in [3.8, 4) is 0 Å². The molecule has 3 rings (SSSR count). The van der Waals surface area contributed by atoms with E-state index in [1.165, 1.54) is 0 Å². The number of pyridine rings is 1. The van der Waals surface area contributed by atoms with Crippen molar-refractivity contribution in [3.05, 3.63) is 52.5 Å². The van der Waals surface area contributed by atoms with Gasteiger partial charge in [-0.2, -0.15) is 5.10 Å². The molecule has 0 atom stereocenters. The molecule has 0 saturated heterocycles. The number of fused-ring (bicyclic) bond motifs is 1. The standard InChI is InChI=1S/C16H20N6O/c1-3-22(9-7-12-6-4-5-8-17-12)11-14-19-15-13(16(23)20-14)10-18-21(15)2/h4-6,8,10H,3,7,9,11H2,1-2H3,(H,19,20,23). The van der Waals surface area contributed by atoms with Gasteiger partial charge in [0.1, 0.15) is 11.2 Å². The number of likely N-dealkylation sites (N-methyl/N-ethyl adjacent to an activating group) is 1. The molecular formula is C16H20N6O. The van der Waals surface area contributed by atoms with Crippen LogP contribution in [0.1, 0.15) is 18.4 Å². The molecule has 0 aliphatic carbocycles. The molecule has 3 heterocycles. The highest BCUT2D eigenvalue weighted by Crippen LogP contribution is 2.07. The first-order valence-electron chi connectivity index (χ1n) is 7.70. The lowest BCUT2D eigenvalue weighted by Gasteiger charge is -2.19. The summed E-state index contributed by atoms with van der Waals surface area (Å²) in [5.41, 5.74) is 1.54. The van der Waals surface area contributed by atoms with Crippen molar-refractivity contribution in [2.45, 2.75) is 19.9 Å². The monoisotopic (exact) mass is 312 g/mol. The largest absolute Gasteiger partial charge is 0.309 e. The average Bonchev–Trinajstić information content (AvgIpc) is 2.94. The van der Waals surface area contributed by atoms with Gasteiger partial charge in [-0.05, 0) is 18.7 Å². The maximum atomic E-state index is 12.1. The first-order chi connectivity index (χ1) is 11.2. The Balaban J connectivity index is 1.73. The molecule has 0 bridgehead atoms. The van der Waals surface area contributed by atoms with Gasteiger partial charge in [0.05, 0.1) is 12.7 Å². The number of nitrogens with zero attached hydrogens (tertiary/aromatic N) is 5. The molecule has 3 aromatic rings. The number of aryl methyl sites for hydroxylation is 1. The predicted octanol–water partition coefficient (Wildman–Crippen LogP) is 1.12. The quantitative estimate of drug-likeness (QED) is 0.738. The van der Waals surface area contributed by atoms with E-state index in [1.54, 1.807) is 24.1 Å². The SMILES string of the molecule is CCN(CCc1ccccn1)Cc1nc2c(cnn2C)c(=O)[nH]1. The molecule has 0 aliphatic heterocycles. The first-order valence-corrected chi connectivity index (χ1v) is 7.70. The van der Waals surface area contributed by atoms with Gasteiger partial charge in [-0.1, -0.05) is 13.0 Å². The third-order valence-corrected chi connectivity index (χ3v) is 3.88. The molecule has 1 N–H and O–H groups in total. The highest BCUT2D eigenvalue weighted by atomic mass is 16.1. The maximum absolute atomic E-state index is 12.1. The Morgan fingerprint density at radius 1 is 1.35 bits per heavy atom. The summed E-state index contributed by atoms with van der Waals surface area (Å²) in [6, 6.07) is 5.93. The number of aromatic amines is 1. The molecule has 0 unspecified atom stereocenters. The predicted molar refractivity (Wildman–Crippen MR) is 88.0 cm³/mol. The molecule has 0 aromatic carbocycles. The van der Waals surface area contributed by atoms with Crippen molar-refractivity contribution in [2.24, 2.45) is 7.05 Å². The lowest BCUT2D eigenvalue weighted by Crippen LogP contribution is -2.28. The van der Waals surface area contributed by atoms with Crippen molar-refractivity contribution in [1.82, 2.24) is 29.6 Å². The second-order valence-electron chi connectivity index (χ2n) is 5.46. The van der Waals surface area contributed by atoms with Crippen LogP contribution in [-0.2, 0) is 20.0 Å². The molecule has 7 heteroatoms. The van der Waals surface area contributed by atoms with Crippen molar-refractivity contribution < 1.29 is 0 Å². The van der Waals surface area contributed by atoms with E-state index in [0.29, 0.717) is 23.4 Å². The van der Waals surface area contributed by atoms with Crippen LogP contribution in [0.4, 0.5) is 0 Å². The highest BCUT2D eigenvalue weighted by molar-refractivity contribution is 5.72. The fraction of sp³-hybridized carbons (Fsp3) is 0.375. The lowest BCUT2D eigenvalue weighted by atomic mass is 10.2. The number of hydrogen-bond acceptors (Lipinski definition) is 5. The van der Waals surface area contributed by atoms with Crippen LogP contribution in [0, 0.1) is 0 Å². The fourth-order valence-electron chi connectivity index (χ4n) is 2.53. The van der Waals surface area contributed by atoms with Gasteiger partial charge in [-0.25, -0.2) is 4.98 Å². The lowest BCUT2D eigenvalue weighted by molar-refractivity contribution is 0.275. The summed E-state index contributed by atoms with van der Waals surface area (Å²) < 4.78 is 1.62. The zero-order chi connectivity index (χ0) is 16.2. The molecule has 0 saturated carbocycles. The van der Waals surface area contributed by atoms with Crippen LogP contribution in [0.5, 0.6) is 0 Å². The topological polar surface area (TPSA) is 79.7 Å². The Hall–Kier alpha value is -2.54. The Kier molecular flexibility index (Phi) is 4.47. The van der Waals surface area contributed by atoms with E-state index in [4.69, 9.17) is 0 Å². The van der Waals surface area contributed by atoms with Crippen LogP contribution in [0.3, 0.4) is 0 Å². The second-order valence-corrected chi connectivity index (χ2v) is 5.46. The van der Waals surface area contributed by atoms with Crippen LogP contribution >= 0.6 is 0 Å². The molecule has 7 nitrogen and oxygen atoms in total. The van der Waals surface area contributed by atoms with Crippen molar-refractivity contribution in [1.29, 1.82) is 0 Å². The number of H-pyrrole nitrogens is 1. The summed E-state index contributed by atoms with van der Waals surface area (Å²) in [5, 5.41) is 4.61. The van der Waals surface area contributed by atoms with Crippen LogP contribution in [-0.4, -0.2) is 42.7 Å². The Bertz CT molecular complexity index is 839. The summed E-state index contributed by atoms with van der Waals surface area (Å²) in [6.45, 7) is 4.43. The number of aromatic nitrogens is 5. The molecule has 3 aromatic heterocycles. The van der Waals surface area contributed by atoms with E-state index in [2.05, 4.69) is 31.9 Å². The van der Waals surface area contributed by atoms with Gasteiger partial charge in [-0.15, -0.1) is 0 Å². The molecule has 0 aliphatic rings. The van der Waals surface area contributed by atoms with Crippen LogP contribution in [0.25, 0.3) is 11.0 Å². The van der Waals surface area contributed by atoms with Crippen molar-refractivity contribution in [2.75, 3.05) is 13.1 Å². The van der Waals surface area contributed by atoms with Gasteiger partial charge in [0.2, 0.25) is 0 Å². The zero-order valence-electron chi connectivity index (χ0n) is 13.4. The van der Waals surface area contributed by atoms with Gasteiger partial charge in [0, 0.05) is 31.9 Å². The molecule has 120 valence electrons. The molecule has 0 radical (unpaired) electrons. The molecule has 23 heavy (non-hydrogen) atoms. The van der Waals surface area contributed by atoms with Gasteiger partial charge >= 0.3 is 0 Å². The van der Waals surface area contributed by atoms with E-state index in [0.717, 1.165) is 25.2 Å². The number of hydrogen-bond donors (Lipinski definition) is 1. The summed E-state index contributed by atoms with van der Waals surface area (Å²) in [4.78, 5) is 26.0. The Labute approximate surface area is 134 Å². The number of nitrogens with one attached hydrogen (secondary N) is 1. The van der Waals surface area contributed by atoms with E-state index in [9.17, 15) is 4.79 Å². The summed E-state index contributed by atoms with van der Waals surface area (Å²) in [5.74, 6) is 0.661. The summed E-state index contributed by atoms with van der Waals surface area (Å²) >= 11 is 0. The maximum Gasteiger partial charge on any atom is 0.262 e. The third-order valence-electron chi connectivity index (χ3n) is 3.88. The van der Waals surface area contributed by atoms with Gasteiger partial charge in [0.25, 0.3) is 5.56 Å². The normalized spacial score (nSPS) is 11.4. The first kappa shape index (κ1) is 15.4. The fourth-order valence-corrected chi connectivity index (χ4v) is 2.53. The molecular weight excluding hydrogens is 292 g/mol. The smallest absolute Gasteiger partial charge is 0.262 e. The third kappa shape index (κ3) is 3.45. The Morgan fingerprint density at radius 3 is 2.96 bits per heavy atom. The molecule has 0 fully saturated rings. The van der Waals surface area contributed by atoms with Crippen LogP contribution in [0.2, 0.25) is 0 Å². The second kappa shape index (κ2) is 6.70.